The van der Waals surface area contributed by atoms with Gasteiger partial charge in [0.25, 0.3) is 0 Å². The summed E-state index contributed by atoms with van der Waals surface area (Å²) in [7, 11) is 5.84. The monoisotopic (exact) mass is 440 g/mol. The Bertz CT molecular complexity index is 1380. The zero-order valence-electron chi connectivity index (χ0n) is 18.8. The van der Waals surface area contributed by atoms with E-state index in [0.29, 0.717) is 23.9 Å². The van der Waals surface area contributed by atoms with Gasteiger partial charge in [-0.1, -0.05) is 60.7 Å². The fourth-order valence-corrected chi connectivity index (χ4v) is 3.60. The summed E-state index contributed by atoms with van der Waals surface area (Å²) in [6.45, 7) is 0.895. The standard InChI is InChI=1S/C24H24N8O/c1-30(2)15-20-25-22(31(3)28-20)16-33-24-19(17-10-6-4-7-11-17)14-21-26-27-23(32(21)29-24)18-12-8-5-9-13-18/h4-14H,15-16H2,1-3H3. The lowest BCUT2D eigenvalue weighted by atomic mass is 10.1. The molecule has 3 heterocycles. The Hall–Kier alpha value is -4.11. The summed E-state index contributed by atoms with van der Waals surface area (Å²) >= 11 is 0. The molecule has 0 amide bonds. The van der Waals surface area contributed by atoms with Crippen molar-refractivity contribution in [2.45, 2.75) is 13.2 Å². The van der Waals surface area contributed by atoms with Gasteiger partial charge in [-0.15, -0.1) is 15.3 Å². The van der Waals surface area contributed by atoms with Gasteiger partial charge in [-0.25, -0.2) is 9.67 Å². The third kappa shape index (κ3) is 4.31. The number of benzene rings is 2. The van der Waals surface area contributed by atoms with E-state index in [9.17, 15) is 0 Å². The Morgan fingerprint density at radius 3 is 2.27 bits per heavy atom. The predicted octanol–water partition coefficient (Wildman–Crippen LogP) is 3.23. The fraction of sp³-hybridized carbons (Fsp3) is 0.208. The first kappa shape index (κ1) is 20.8. The number of hydrogen-bond acceptors (Lipinski definition) is 7. The maximum absolute atomic E-state index is 6.22. The van der Waals surface area contributed by atoms with Crippen molar-refractivity contribution in [3.63, 3.8) is 0 Å². The average Bonchev–Trinajstić information content (AvgIpc) is 3.40. The van der Waals surface area contributed by atoms with E-state index in [1.54, 1.807) is 9.20 Å². The van der Waals surface area contributed by atoms with Gasteiger partial charge in [0.2, 0.25) is 5.88 Å². The highest BCUT2D eigenvalue weighted by Gasteiger charge is 2.17. The molecule has 33 heavy (non-hydrogen) atoms. The van der Waals surface area contributed by atoms with E-state index in [-0.39, 0.29) is 6.61 Å². The van der Waals surface area contributed by atoms with E-state index in [1.165, 1.54) is 0 Å². The number of ether oxygens (including phenoxy) is 1. The van der Waals surface area contributed by atoms with Crippen LogP contribution in [0, 0.1) is 0 Å². The number of nitrogens with zero attached hydrogens (tertiary/aromatic N) is 8. The van der Waals surface area contributed by atoms with Crippen molar-refractivity contribution in [2.75, 3.05) is 14.1 Å². The Labute approximate surface area is 191 Å². The number of aryl methyl sites for hydroxylation is 1. The fourth-order valence-electron chi connectivity index (χ4n) is 3.60. The van der Waals surface area contributed by atoms with Crippen molar-refractivity contribution >= 4 is 5.65 Å². The summed E-state index contributed by atoms with van der Waals surface area (Å²) in [4.78, 5) is 6.64. The van der Waals surface area contributed by atoms with Crippen LogP contribution in [0.3, 0.4) is 0 Å². The minimum Gasteiger partial charge on any atom is -0.468 e. The molecule has 0 saturated carbocycles. The van der Waals surface area contributed by atoms with Crippen molar-refractivity contribution in [3.8, 4) is 28.4 Å². The molecule has 3 aromatic heterocycles. The van der Waals surface area contributed by atoms with Crippen LogP contribution in [-0.2, 0) is 20.2 Å². The van der Waals surface area contributed by atoms with Gasteiger partial charge in [0, 0.05) is 18.2 Å². The minimum absolute atomic E-state index is 0.234. The molecule has 9 heteroatoms. The molecule has 0 aliphatic rings. The third-order valence-corrected chi connectivity index (χ3v) is 5.17. The zero-order chi connectivity index (χ0) is 22.8. The van der Waals surface area contributed by atoms with Crippen LogP contribution in [0.25, 0.3) is 28.2 Å². The van der Waals surface area contributed by atoms with Gasteiger partial charge in [0.1, 0.15) is 6.61 Å². The van der Waals surface area contributed by atoms with Gasteiger partial charge in [-0.2, -0.15) is 9.61 Å². The topological polar surface area (TPSA) is 86.3 Å². The molecule has 0 atom stereocenters. The molecule has 9 nitrogen and oxygen atoms in total. The van der Waals surface area contributed by atoms with Crippen LogP contribution in [-0.4, -0.2) is 53.6 Å². The summed E-state index contributed by atoms with van der Waals surface area (Å²) in [6, 6.07) is 21.8. The van der Waals surface area contributed by atoms with Gasteiger partial charge in [-0.05, 0) is 25.7 Å². The van der Waals surface area contributed by atoms with E-state index >= 15 is 0 Å². The molecule has 0 aliphatic carbocycles. The van der Waals surface area contributed by atoms with Crippen LogP contribution in [0.1, 0.15) is 11.6 Å². The normalized spacial score (nSPS) is 11.4. The molecule has 0 aliphatic heterocycles. The smallest absolute Gasteiger partial charge is 0.240 e. The van der Waals surface area contributed by atoms with Crippen LogP contribution in [0.4, 0.5) is 0 Å². The van der Waals surface area contributed by atoms with E-state index in [1.807, 2.05) is 92.8 Å². The van der Waals surface area contributed by atoms with Crippen LogP contribution in [0.5, 0.6) is 5.88 Å². The van der Waals surface area contributed by atoms with Gasteiger partial charge < -0.3 is 9.64 Å². The van der Waals surface area contributed by atoms with Crippen molar-refractivity contribution < 1.29 is 4.74 Å². The molecule has 0 fully saturated rings. The van der Waals surface area contributed by atoms with Crippen molar-refractivity contribution in [1.82, 2.24) is 39.5 Å². The maximum atomic E-state index is 6.22. The van der Waals surface area contributed by atoms with Gasteiger partial charge >= 0.3 is 0 Å². The minimum atomic E-state index is 0.234. The first-order valence-electron chi connectivity index (χ1n) is 10.6. The molecule has 0 bridgehead atoms. The molecule has 5 rings (SSSR count). The van der Waals surface area contributed by atoms with E-state index in [2.05, 4.69) is 20.3 Å². The SMILES string of the molecule is CN(C)Cc1nc(COc2nn3c(-c4ccccc4)nnc3cc2-c2ccccc2)n(C)n1. The second-order valence-electron chi connectivity index (χ2n) is 7.98. The number of hydrogen-bond donors (Lipinski definition) is 0. The molecule has 5 aromatic rings. The lowest BCUT2D eigenvalue weighted by Gasteiger charge is -2.11. The zero-order valence-corrected chi connectivity index (χ0v) is 18.8. The van der Waals surface area contributed by atoms with Crippen molar-refractivity contribution in [2.24, 2.45) is 7.05 Å². The Morgan fingerprint density at radius 1 is 0.879 bits per heavy atom. The summed E-state index contributed by atoms with van der Waals surface area (Å²) in [5.74, 6) is 2.60. The highest BCUT2D eigenvalue weighted by atomic mass is 16.5. The molecule has 2 aromatic carbocycles. The molecule has 0 N–H and O–H groups in total. The van der Waals surface area contributed by atoms with Gasteiger partial charge in [-0.3, -0.25) is 0 Å². The summed E-state index contributed by atoms with van der Waals surface area (Å²) in [5, 5.41) is 18.0. The van der Waals surface area contributed by atoms with Crippen LogP contribution in [0.15, 0.2) is 66.7 Å². The molecular weight excluding hydrogens is 416 g/mol. The largest absolute Gasteiger partial charge is 0.468 e. The first-order chi connectivity index (χ1) is 16.1. The van der Waals surface area contributed by atoms with Gasteiger partial charge in [0.05, 0.1) is 6.54 Å². The highest BCUT2D eigenvalue weighted by Crippen LogP contribution is 2.30. The lowest BCUT2D eigenvalue weighted by molar-refractivity contribution is 0.275. The first-order valence-corrected chi connectivity index (χ1v) is 10.6. The Morgan fingerprint density at radius 2 is 1.58 bits per heavy atom. The predicted molar refractivity (Wildman–Crippen MR) is 124 cm³/mol. The third-order valence-electron chi connectivity index (χ3n) is 5.17. The average molecular weight is 441 g/mol. The van der Waals surface area contributed by atoms with Crippen LogP contribution < -0.4 is 4.74 Å². The molecule has 0 unspecified atom stereocenters. The quantitative estimate of drug-likeness (QED) is 0.384. The number of aromatic nitrogens is 7. The maximum Gasteiger partial charge on any atom is 0.240 e. The molecule has 0 saturated heterocycles. The molecule has 0 spiro atoms. The van der Waals surface area contributed by atoms with E-state index < -0.39 is 0 Å². The van der Waals surface area contributed by atoms with E-state index in [0.717, 1.165) is 28.3 Å². The van der Waals surface area contributed by atoms with Crippen molar-refractivity contribution in [1.29, 1.82) is 0 Å². The number of fused-ring (bicyclic) bond motifs is 1. The summed E-state index contributed by atoms with van der Waals surface area (Å²) in [5.41, 5.74) is 3.40. The Kier molecular flexibility index (Phi) is 5.54. The lowest BCUT2D eigenvalue weighted by Crippen LogP contribution is -2.12. The van der Waals surface area contributed by atoms with E-state index in [4.69, 9.17) is 9.84 Å². The number of rotatable bonds is 7. The second kappa shape index (κ2) is 8.79. The second-order valence-corrected chi connectivity index (χ2v) is 7.98. The molecular formula is C24H24N8O. The highest BCUT2D eigenvalue weighted by molar-refractivity contribution is 5.72. The van der Waals surface area contributed by atoms with Crippen LogP contribution in [0.2, 0.25) is 0 Å². The van der Waals surface area contributed by atoms with Crippen molar-refractivity contribution in [3.05, 3.63) is 78.4 Å². The molecule has 0 radical (unpaired) electrons. The van der Waals surface area contributed by atoms with Crippen LogP contribution >= 0.6 is 0 Å². The summed E-state index contributed by atoms with van der Waals surface area (Å²) < 4.78 is 9.68. The Balaban J connectivity index is 1.55. The summed E-state index contributed by atoms with van der Waals surface area (Å²) in [6.07, 6.45) is 0. The molecule has 166 valence electrons. The van der Waals surface area contributed by atoms with Gasteiger partial charge in [0.15, 0.2) is 23.1 Å².